The number of esters is 1. The molecular weight excluding hydrogens is 398 g/mol. The number of hydrogen-bond acceptors (Lipinski definition) is 6. The molecule has 1 amide bonds. The van der Waals surface area contributed by atoms with E-state index < -0.39 is 5.97 Å². The van der Waals surface area contributed by atoms with Crippen molar-refractivity contribution in [2.24, 2.45) is 0 Å². The van der Waals surface area contributed by atoms with Crippen LogP contribution in [-0.2, 0) is 14.3 Å². The maximum Gasteiger partial charge on any atom is 0.344 e. The second-order valence-corrected chi connectivity index (χ2v) is 7.55. The monoisotopic (exact) mass is 427 g/mol. The Kier molecular flexibility index (Phi) is 7.39. The number of rotatable bonds is 8. The topological polar surface area (TPSA) is 74.3 Å². The lowest BCUT2D eigenvalue weighted by atomic mass is 10.0. The van der Waals surface area contributed by atoms with E-state index in [0.29, 0.717) is 23.8 Å². The summed E-state index contributed by atoms with van der Waals surface area (Å²) in [4.78, 5) is 26.6. The van der Waals surface area contributed by atoms with Gasteiger partial charge in [0.05, 0.1) is 20.3 Å². The molecule has 1 aliphatic rings. The molecule has 0 N–H and O–H groups in total. The molecule has 31 heavy (non-hydrogen) atoms. The van der Waals surface area contributed by atoms with Crippen LogP contribution in [0, 0.1) is 13.8 Å². The van der Waals surface area contributed by atoms with E-state index in [1.165, 1.54) is 0 Å². The summed E-state index contributed by atoms with van der Waals surface area (Å²) in [5, 5.41) is 0. The van der Waals surface area contributed by atoms with Crippen LogP contribution >= 0.6 is 0 Å². The summed E-state index contributed by atoms with van der Waals surface area (Å²) in [7, 11) is 3.20. The van der Waals surface area contributed by atoms with Gasteiger partial charge in [0.1, 0.15) is 17.2 Å². The number of likely N-dealkylation sites (tertiary alicyclic amines) is 1. The SMILES string of the molecule is COc1ccc(OC)c([C@@H]2CCCN2C(=O)COC(=O)COc2ccc(C)c(C)c2)c1. The van der Waals surface area contributed by atoms with Crippen LogP contribution in [0.25, 0.3) is 0 Å². The van der Waals surface area contributed by atoms with Gasteiger partial charge < -0.3 is 23.8 Å². The Balaban J connectivity index is 1.57. The number of aryl methyl sites for hydroxylation is 2. The fourth-order valence-corrected chi connectivity index (χ4v) is 3.70. The summed E-state index contributed by atoms with van der Waals surface area (Å²) in [6.07, 6.45) is 1.67. The van der Waals surface area contributed by atoms with Crippen LogP contribution in [0.15, 0.2) is 36.4 Å². The Morgan fingerprint density at radius 1 is 0.968 bits per heavy atom. The first-order valence-electron chi connectivity index (χ1n) is 10.3. The zero-order valence-electron chi connectivity index (χ0n) is 18.5. The predicted molar refractivity (Wildman–Crippen MR) is 116 cm³/mol. The first-order chi connectivity index (χ1) is 14.9. The zero-order chi connectivity index (χ0) is 22.4. The molecule has 1 saturated heterocycles. The maximum absolute atomic E-state index is 12.8. The largest absolute Gasteiger partial charge is 0.497 e. The maximum atomic E-state index is 12.8. The van der Waals surface area contributed by atoms with E-state index in [9.17, 15) is 9.59 Å². The number of ether oxygens (including phenoxy) is 4. The van der Waals surface area contributed by atoms with Gasteiger partial charge in [0, 0.05) is 12.1 Å². The molecule has 3 rings (SSSR count). The Morgan fingerprint density at radius 3 is 2.45 bits per heavy atom. The van der Waals surface area contributed by atoms with Gasteiger partial charge in [-0.3, -0.25) is 4.79 Å². The molecule has 1 heterocycles. The number of benzene rings is 2. The minimum Gasteiger partial charge on any atom is -0.497 e. The van der Waals surface area contributed by atoms with Gasteiger partial charge in [-0.2, -0.15) is 0 Å². The fraction of sp³-hybridized carbons (Fsp3) is 0.417. The first-order valence-corrected chi connectivity index (χ1v) is 10.3. The molecule has 0 bridgehead atoms. The standard InChI is InChI=1S/C24H29NO6/c1-16-7-8-19(12-17(16)2)30-15-24(27)31-14-23(26)25-11-5-6-21(25)20-13-18(28-3)9-10-22(20)29-4/h7-10,12-13,21H,5-6,11,14-15H2,1-4H3/t21-/m0/s1. The highest BCUT2D eigenvalue weighted by Crippen LogP contribution is 2.38. The quantitative estimate of drug-likeness (QED) is 0.599. The van der Waals surface area contributed by atoms with E-state index in [4.69, 9.17) is 18.9 Å². The average Bonchev–Trinajstić information content (AvgIpc) is 3.27. The van der Waals surface area contributed by atoms with Crippen LogP contribution in [0.5, 0.6) is 17.2 Å². The van der Waals surface area contributed by atoms with Crippen molar-refractivity contribution in [2.75, 3.05) is 34.0 Å². The summed E-state index contributed by atoms with van der Waals surface area (Å²) >= 11 is 0. The van der Waals surface area contributed by atoms with E-state index in [1.54, 1.807) is 25.2 Å². The Hall–Kier alpha value is -3.22. The third-order valence-electron chi connectivity index (χ3n) is 5.56. The van der Waals surface area contributed by atoms with Crippen LogP contribution in [0.3, 0.4) is 0 Å². The van der Waals surface area contributed by atoms with Gasteiger partial charge in [0.2, 0.25) is 0 Å². The normalized spacial score (nSPS) is 15.5. The number of hydrogen-bond donors (Lipinski definition) is 0. The van der Waals surface area contributed by atoms with Crippen molar-refractivity contribution < 1.29 is 28.5 Å². The van der Waals surface area contributed by atoms with Crippen molar-refractivity contribution in [3.63, 3.8) is 0 Å². The Labute approximate surface area is 182 Å². The van der Waals surface area contributed by atoms with Gasteiger partial charge in [-0.25, -0.2) is 4.79 Å². The van der Waals surface area contributed by atoms with Crippen molar-refractivity contribution in [1.29, 1.82) is 0 Å². The van der Waals surface area contributed by atoms with Crippen LogP contribution in [0.4, 0.5) is 0 Å². The minimum atomic E-state index is -0.582. The number of amides is 1. The highest BCUT2D eigenvalue weighted by molar-refractivity contribution is 5.81. The third kappa shape index (κ3) is 5.48. The van der Waals surface area contributed by atoms with Crippen molar-refractivity contribution in [3.8, 4) is 17.2 Å². The highest BCUT2D eigenvalue weighted by Gasteiger charge is 2.32. The molecule has 1 atom stereocenters. The van der Waals surface area contributed by atoms with E-state index in [-0.39, 0.29) is 25.2 Å². The Morgan fingerprint density at radius 2 is 1.74 bits per heavy atom. The van der Waals surface area contributed by atoms with Crippen LogP contribution in [0.1, 0.15) is 35.6 Å². The van der Waals surface area contributed by atoms with Gasteiger partial charge in [-0.1, -0.05) is 6.07 Å². The van der Waals surface area contributed by atoms with Crippen LogP contribution in [-0.4, -0.2) is 50.8 Å². The van der Waals surface area contributed by atoms with Crippen LogP contribution < -0.4 is 14.2 Å². The lowest BCUT2D eigenvalue weighted by Gasteiger charge is -2.26. The second kappa shape index (κ2) is 10.2. The third-order valence-corrected chi connectivity index (χ3v) is 5.56. The smallest absolute Gasteiger partial charge is 0.344 e. The lowest BCUT2D eigenvalue weighted by Crippen LogP contribution is -2.35. The van der Waals surface area contributed by atoms with Gasteiger partial charge in [0.15, 0.2) is 13.2 Å². The number of methoxy groups -OCH3 is 2. The van der Waals surface area contributed by atoms with Gasteiger partial charge >= 0.3 is 5.97 Å². The van der Waals surface area contributed by atoms with Gasteiger partial charge in [0.25, 0.3) is 5.91 Å². The van der Waals surface area contributed by atoms with Crippen molar-refractivity contribution in [2.45, 2.75) is 32.7 Å². The summed E-state index contributed by atoms with van der Waals surface area (Å²) in [6, 6.07) is 11.0. The molecule has 2 aromatic carbocycles. The molecule has 1 fully saturated rings. The van der Waals surface area contributed by atoms with Gasteiger partial charge in [-0.15, -0.1) is 0 Å². The molecule has 2 aromatic rings. The molecule has 7 heteroatoms. The molecule has 0 saturated carbocycles. The minimum absolute atomic E-state index is 0.150. The zero-order valence-corrected chi connectivity index (χ0v) is 18.5. The average molecular weight is 427 g/mol. The summed E-state index contributed by atoms with van der Waals surface area (Å²) in [5.74, 6) is 1.17. The molecule has 0 unspecified atom stereocenters. The summed E-state index contributed by atoms with van der Waals surface area (Å²) in [6.45, 7) is 4.01. The number of carbonyl (C=O) groups is 2. The summed E-state index contributed by atoms with van der Waals surface area (Å²) in [5.41, 5.74) is 3.11. The number of nitrogens with zero attached hydrogens (tertiary/aromatic N) is 1. The van der Waals surface area contributed by atoms with E-state index in [2.05, 4.69) is 0 Å². The Bertz CT molecular complexity index is 942. The number of carbonyl (C=O) groups excluding carboxylic acids is 2. The van der Waals surface area contributed by atoms with Crippen molar-refractivity contribution in [3.05, 3.63) is 53.1 Å². The fourth-order valence-electron chi connectivity index (χ4n) is 3.70. The van der Waals surface area contributed by atoms with Crippen LogP contribution in [0.2, 0.25) is 0 Å². The summed E-state index contributed by atoms with van der Waals surface area (Å²) < 4.78 is 21.4. The predicted octanol–water partition coefficient (Wildman–Crippen LogP) is 3.61. The molecular formula is C24H29NO6. The molecule has 1 aliphatic heterocycles. The van der Waals surface area contributed by atoms with Crippen molar-refractivity contribution in [1.82, 2.24) is 4.90 Å². The van der Waals surface area contributed by atoms with Gasteiger partial charge in [-0.05, 0) is 68.1 Å². The lowest BCUT2D eigenvalue weighted by molar-refractivity contribution is -0.154. The second-order valence-electron chi connectivity index (χ2n) is 7.55. The van der Waals surface area contributed by atoms with E-state index >= 15 is 0 Å². The molecule has 166 valence electrons. The molecule has 0 aromatic heterocycles. The highest BCUT2D eigenvalue weighted by atomic mass is 16.6. The van der Waals surface area contributed by atoms with E-state index in [1.807, 2.05) is 44.2 Å². The van der Waals surface area contributed by atoms with Crippen molar-refractivity contribution >= 4 is 11.9 Å². The first kappa shape index (κ1) is 22.5. The molecule has 0 spiro atoms. The van der Waals surface area contributed by atoms with E-state index in [0.717, 1.165) is 29.5 Å². The molecule has 7 nitrogen and oxygen atoms in total. The molecule has 0 aliphatic carbocycles. The molecule has 0 radical (unpaired) electrons.